The van der Waals surface area contributed by atoms with Crippen LogP contribution in [0.2, 0.25) is 0 Å². The van der Waals surface area contributed by atoms with Gasteiger partial charge in [-0.1, -0.05) is 0 Å². The highest BCUT2D eigenvalue weighted by Crippen LogP contribution is 1.71. The molecule has 7 heavy (non-hydrogen) atoms. The van der Waals surface area contributed by atoms with Gasteiger partial charge in [0, 0.05) is 0 Å². The van der Waals surface area contributed by atoms with Crippen LogP contribution in [0.15, 0.2) is 0 Å². The standard InChI is InChI=1S/C3H3N3O/c4-1-6(2-5)3-7/h7H,3H2. The summed E-state index contributed by atoms with van der Waals surface area (Å²) in [6.45, 7) is -0.535. The van der Waals surface area contributed by atoms with Gasteiger partial charge >= 0.3 is 0 Å². The van der Waals surface area contributed by atoms with Crippen LogP contribution in [0.4, 0.5) is 0 Å². The molecule has 0 unspecified atom stereocenters. The Labute approximate surface area is 40.8 Å². The Bertz CT molecular complexity index is 105. The van der Waals surface area contributed by atoms with Crippen LogP contribution in [0.1, 0.15) is 0 Å². The monoisotopic (exact) mass is 97.0 g/mol. The Morgan fingerprint density at radius 2 is 1.86 bits per heavy atom. The van der Waals surface area contributed by atoms with E-state index in [0.29, 0.717) is 4.90 Å². The van der Waals surface area contributed by atoms with E-state index in [1.165, 1.54) is 12.4 Å². The van der Waals surface area contributed by atoms with Gasteiger partial charge in [-0.05, 0) is 0 Å². The van der Waals surface area contributed by atoms with Crippen LogP contribution in [-0.2, 0) is 0 Å². The number of hydrogen-bond donors (Lipinski definition) is 1. The summed E-state index contributed by atoms with van der Waals surface area (Å²) in [6, 6.07) is 0. The maximum Gasteiger partial charge on any atom is 0.195 e. The molecule has 0 aliphatic rings. The van der Waals surface area contributed by atoms with Gasteiger partial charge in [-0.15, -0.1) is 0 Å². The fourth-order valence-electron chi connectivity index (χ4n) is 0.0856. The van der Waals surface area contributed by atoms with Gasteiger partial charge in [-0.25, -0.2) is 0 Å². The van der Waals surface area contributed by atoms with E-state index in [2.05, 4.69) is 0 Å². The molecule has 0 rings (SSSR count). The molecule has 0 saturated heterocycles. The van der Waals surface area contributed by atoms with Crippen molar-refractivity contribution in [2.45, 2.75) is 0 Å². The average Bonchev–Trinajstić information content (AvgIpc) is 1.72. The highest BCUT2D eigenvalue weighted by atomic mass is 16.3. The van der Waals surface area contributed by atoms with E-state index in [-0.39, 0.29) is 0 Å². The van der Waals surface area contributed by atoms with E-state index < -0.39 is 6.73 Å². The van der Waals surface area contributed by atoms with E-state index in [1.807, 2.05) is 0 Å². The zero-order chi connectivity index (χ0) is 5.70. The molecule has 0 aromatic heterocycles. The molecule has 0 aliphatic heterocycles. The average molecular weight is 97.1 g/mol. The Hall–Kier alpha value is -1.26. The topological polar surface area (TPSA) is 71.0 Å². The van der Waals surface area contributed by atoms with Crippen LogP contribution in [0.3, 0.4) is 0 Å². The molecule has 0 fully saturated rings. The maximum atomic E-state index is 8.01. The summed E-state index contributed by atoms with van der Waals surface area (Å²) in [6.07, 6.45) is 2.85. The lowest BCUT2D eigenvalue weighted by Gasteiger charge is -1.93. The summed E-state index contributed by atoms with van der Waals surface area (Å²) in [5.74, 6) is 0. The van der Waals surface area contributed by atoms with Crippen molar-refractivity contribution in [1.82, 2.24) is 4.90 Å². The van der Waals surface area contributed by atoms with Crippen molar-refractivity contribution in [3.8, 4) is 12.4 Å². The first-order chi connectivity index (χ1) is 3.35. The molecule has 4 nitrogen and oxygen atoms in total. The number of aliphatic hydroxyl groups excluding tert-OH is 1. The molecule has 0 heterocycles. The lowest BCUT2D eigenvalue weighted by molar-refractivity contribution is 0.203. The molecule has 1 N–H and O–H groups in total. The first-order valence-electron chi connectivity index (χ1n) is 1.53. The van der Waals surface area contributed by atoms with Crippen LogP contribution < -0.4 is 0 Å². The van der Waals surface area contributed by atoms with E-state index in [9.17, 15) is 0 Å². The van der Waals surface area contributed by atoms with Crippen molar-refractivity contribution in [3.63, 3.8) is 0 Å². The van der Waals surface area contributed by atoms with Crippen LogP contribution in [-0.4, -0.2) is 16.7 Å². The second-order valence-corrected chi connectivity index (χ2v) is 0.769. The van der Waals surface area contributed by atoms with Crippen molar-refractivity contribution in [1.29, 1.82) is 10.5 Å². The van der Waals surface area contributed by atoms with Crippen LogP contribution in [0.25, 0.3) is 0 Å². The quantitative estimate of drug-likeness (QED) is 0.264. The summed E-state index contributed by atoms with van der Waals surface area (Å²) in [7, 11) is 0. The van der Waals surface area contributed by atoms with Crippen LogP contribution in [0, 0.1) is 22.9 Å². The summed E-state index contributed by atoms with van der Waals surface area (Å²) in [4.78, 5) is 0.542. The van der Waals surface area contributed by atoms with E-state index in [1.54, 1.807) is 0 Å². The smallest absolute Gasteiger partial charge is 0.195 e. The molecular formula is C3H3N3O. The first-order valence-corrected chi connectivity index (χ1v) is 1.53. The van der Waals surface area contributed by atoms with Crippen molar-refractivity contribution < 1.29 is 5.11 Å². The van der Waals surface area contributed by atoms with E-state index in [4.69, 9.17) is 15.6 Å². The predicted octanol–water partition coefficient (Wildman–Crippen LogP) is -0.800. The third kappa shape index (κ3) is 1.58. The van der Waals surface area contributed by atoms with Gasteiger partial charge in [0.25, 0.3) is 0 Å². The largest absolute Gasteiger partial charge is 0.375 e. The number of nitriles is 2. The molecule has 0 bridgehead atoms. The number of hydrogen-bond acceptors (Lipinski definition) is 4. The molecule has 0 aromatic rings. The minimum Gasteiger partial charge on any atom is -0.375 e. The molecule has 0 atom stereocenters. The second-order valence-electron chi connectivity index (χ2n) is 0.769. The third-order valence-corrected chi connectivity index (χ3v) is 0.383. The predicted molar refractivity (Wildman–Crippen MR) is 20.2 cm³/mol. The van der Waals surface area contributed by atoms with Crippen molar-refractivity contribution >= 4 is 0 Å². The normalized spacial score (nSPS) is 6.14. The first kappa shape index (κ1) is 5.74. The number of rotatable bonds is 1. The van der Waals surface area contributed by atoms with Crippen molar-refractivity contribution in [2.75, 3.05) is 6.73 Å². The zero-order valence-corrected chi connectivity index (χ0v) is 3.50. The fraction of sp³-hybridized carbons (Fsp3) is 0.333. The molecule has 36 valence electrons. The lowest BCUT2D eigenvalue weighted by atomic mass is 10.9. The summed E-state index contributed by atoms with van der Waals surface area (Å²) in [5.41, 5.74) is 0. The Morgan fingerprint density at radius 3 is 1.86 bits per heavy atom. The van der Waals surface area contributed by atoms with Crippen molar-refractivity contribution in [2.24, 2.45) is 0 Å². The highest BCUT2D eigenvalue weighted by Gasteiger charge is 1.89. The molecule has 0 saturated carbocycles. The van der Waals surface area contributed by atoms with E-state index >= 15 is 0 Å². The third-order valence-electron chi connectivity index (χ3n) is 0.383. The summed E-state index contributed by atoms with van der Waals surface area (Å²) in [5, 5.41) is 23.6. The number of aliphatic hydroxyl groups is 1. The van der Waals surface area contributed by atoms with Gasteiger partial charge < -0.3 is 5.11 Å². The number of nitrogens with zero attached hydrogens (tertiary/aromatic N) is 3. The van der Waals surface area contributed by atoms with Gasteiger partial charge in [-0.3, -0.25) is 0 Å². The Balaban J connectivity index is 3.50. The van der Waals surface area contributed by atoms with Gasteiger partial charge in [0.1, 0.15) is 6.73 Å². The Kier molecular flexibility index (Phi) is 2.42. The van der Waals surface area contributed by atoms with Crippen LogP contribution in [0.5, 0.6) is 0 Å². The lowest BCUT2D eigenvalue weighted by Crippen LogP contribution is -2.10. The molecule has 0 radical (unpaired) electrons. The Morgan fingerprint density at radius 1 is 1.43 bits per heavy atom. The van der Waals surface area contributed by atoms with Crippen molar-refractivity contribution in [3.05, 3.63) is 0 Å². The summed E-state index contributed by atoms with van der Waals surface area (Å²) < 4.78 is 0. The van der Waals surface area contributed by atoms with Gasteiger partial charge in [0.05, 0.1) is 0 Å². The van der Waals surface area contributed by atoms with Crippen LogP contribution >= 0.6 is 0 Å². The zero-order valence-electron chi connectivity index (χ0n) is 3.50. The molecule has 0 amide bonds. The minimum atomic E-state index is -0.535. The molecule has 0 aromatic carbocycles. The van der Waals surface area contributed by atoms with Gasteiger partial charge in [-0.2, -0.15) is 15.4 Å². The maximum absolute atomic E-state index is 8.01. The molecule has 4 heteroatoms. The molecular weight excluding hydrogens is 94.1 g/mol. The molecule has 0 aliphatic carbocycles. The fourth-order valence-corrected chi connectivity index (χ4v) is 0.0856. The SMILES string of the molecule is N#CN(C#N)CO. The van der Waals surface area contributed by atoms with Gasteiger partial charge in [0.15, 0.2) is 12.4 Å². The highest BCUT2D eigenvalue weighted by molar-refractivity contribution is 4.82. The van der Waals surface area contributed by atoms with Gasteiger partial charge in [0.2, 0.25) is 0 Å². The second kappa shape index (κ2) is 2.95. The summed E-state index contributed by atoms with van der Waals surface area (Å²) >= 11 is 0. The minimum absolute atomic E-state index is 0.535. The van der Waals surface area contributed by atoms with E-state index in [0.717, 1.165) is 0 Å². The molecule has 0 spiro atoms.